The van der Waals surface area contributed by atoms with Gasteiger partial charge >= 0.3 is 0 Å². The summed E-state index contributed by atoms with van der Waals surface area (Å²) in [5, 5.41) is 0.726. The average Bonchev–Trinajstić information content (AvgIpc) is 3.13. The number of rotatable bonds is 6. The van der Waals surface area contributed by atoms with Crippen molar-refractivity contribution in [3.05, 3.63) is 22.8 Å². The molecule has 0 aliphatic heterocycles. The van der Waals surface area contributed by atoms with Gasteiger partial charge in [-0.15, -0.1) is 0 Å². The van der Waals surface area contributed by atoms with Gasteiger partial charge in [-0.2, -0.15) is 0 Å². The molecule has 1 aliphatic rings. The Balaban J connectivity index is 2.20. The maximum atomic E-state index is 6.36. The van der Waals surface area contributed by atoms with Crippen molar-refractivity contribution in [2.24, 2.45) is 11.7 Å². The molecule has 0 saturated heterocycles. The third-order valence-corrected chi connectivity index (χ3v) is 3.55. The van der Waals surface area contributed by atoms with Crippen LogP contribution in [0.25, 0.3) is 0 Å². The van der Waals surface area contributed by atoms with E-state index in [4.69, 9.17) is 17.3 Å². The normalized spacial score (nSPS) is 15.0. The van der Waals surface area contributed by atoms with Gasteiger partial charge < -0.3 is 10.6 Å². The lowest BCUT2D eigenvalue weighted by Crippen LogP contribution is -2.28. The second-order valence-corrected chi connectivity index (χ2v) is 5.08. The van der Waals surface area contributed by atoms with Gasteiger partial charge in [0.25, 0.3) is 0 Å². The van der Waals surface area contributed by atoms with E-state index >= 15 is 0 Å². The summed E-state index contributed by atoms with van der Waals surface area (Å²) in [5.74, 6) is 1.74. The standard InChI is InChI=1S/C13H20ClN3/c1-2-7-17(9-10-3-4-10)13-12(14)11(8-15)5-6-16-13/h5-6,10H,2-4,7-9,15H2,1H3. The molecule has 1 aromatic heterocycles. The van der Waals surface area contributed by atoms with E-state index in [0.717, 1.165) is 41.8 Å². The smallest absolute Gasteiger partial charge is 0.147 e. The molecule has 0 bridgehead atoms. The van der Waals surface area contributed by atoms with Crippen LogP contribution in [0.5, 0.6) is 0 Å². The van der Waals surface area contributed by atoms with Crippen molar-refractivity contribution in [3.8, 4) is 0 Å². The van der Waals surface area contributed by atoms with Crippen molar-refractivity contribution >= 4 is 17.4 Å². The van der Waals surface area contributed by atoms with Gasteiger partial charge in [-0.25, -0.2) is 4.98 Å². The lowest BCUT2D eigenvalue weighted by Gasteiger charge is -2.24. The zero-order valence-electron chi connectivity index (χ0n) is 10.3. The van der Waals surface area contributed by atoms with Crippen molar-refractivity contribution in [1.29, 1.82) is 0 Å². The van der Waals surface area contributed by atoms with Gasteiger partial charge in [0.1, 0.15) is 5.82 Å². The largest absolute Gasteiger partial charge is 0.355 e. The number of hydrogen-bond acceptors (Lipinski definition) is 3. The lowest BCUT2D eigenvalue weighted by molar-refractivity contribution is 0.698. The predicted molar refractivity (Wildman–Crippen MR) is 72.4 cm³/mol. The number of pyridine rings is 1. The van der Waals surface area contributed by atoms with Crippen LogP contribution in [0, 0.1) is 5.92 Å². The number of hydrogen-bond donors (Lipinski definition) is 1. The number of nitrogens with two attached hydrogens (primary N) is 1. The number of halogens is 1. The summed E-state index contributed by atoms with van der Waals surface area (Å²) in [7, 11) is 0. The first-order chi connectivity index (χ1) is 8.26. The minimum atomic E-state index is 0.470. The minimum absolute atomic E-state index is 0.470. The molecular formula is C13H20ClN3. The van der Waals surface area contributed by atoms with Crippen LogP contribution in [0.3, 0.4) is 0 Å². The summed E-state index contributed by atoms with van der Waals surface area (Å²) < 4.78 is 0. The van der Waals surface area contributed by atoms with Crippen molar-refractivity contribution < 1.29 is 0 Å². The van der Waals surface area contributed by atoms with Crippen molar-refractivity contribution in [1.82, 2.24) is 4.98 Å². The van der Waals surface area contributed by atoms with Crippen LogP contribution < -0.4 is 10.6 Å². The van der Waals surface area contributed by atoms with Gasteiger partial charge in [-0.1, -0.05) is 18.5 Å². The maximum Gasteiger partial charge on any atom is 0.147 e. The van der Waals surface area contributed by atoms with Crippen LogP contribution in [0.1, 0.15) is 31.7 Å². The highest BCUT2D eigenvalue weighted by molar-refractivity contribution is 6.33. The van der Waals surface area contributed by atoms with Gasteiger partial charge in [-0.05, 0) is 36.8 Å². The molecule has 0 amide bonds. The Hall–Kier alpha value is -0.800. The van der Waals surface area contributed by atoms with Gasteiger partial charge in [0.2, 0.25) is 0 Å². The molecule has 0 unspecified atom stereocenters. The Kier molecular flexibility index (Phi) is 4.24. The molecule has 1 saturated carbocycles. The molecule has 0 aromatic carbocycles. The molecule has 2 rings (SSSR count). The molecule has 1 fully saturated rings. The first-order valence-electron chi connectivity index (χ1n) is 6.34. The van der Waals surface area contributed by atoms with Gasteiger partial charge in [0, 0.05) is 25.8 Å². The highest BCUT2D eigenvalue weighted by Gasteiger charge is 2.25. The lowest BCUT2D eigenvalue weighted by atomic mass is 10.2. The van der Waals surface area contributed by atoms with E-state index in [-0.39, 0.29) is 0 Å². The van der Waals surface area contributed by atoms with E-state index in [1.54, 1.807) is 6.20 Å². The SMILES string of the molecule is CCCN(CC1CC1)c1nccc(CN)c1Cl. The van der Waals surface area contributed by atoms with E-state index in [1.807, 2.05) is 6.07 Å². The summed E-state index contributed by atoms with van der Waals surface area (Å²) in [4.78, 5) is 6.73. The fraction of sp³-hybridized carbons (Fsp3) is 0.615. The first-order valence-corrected chi connectivity index (χ1v) is 6.72. The zero-order chi connectivity index (χ0) is 12.3. The molecule has 94 valence electrons. The minimum Gasteiger partial charge on any atom is -0.355 e. The van der Waals surface area contributed by atoms with E-state index in [9.17, 15) is 0 Å². The molecule has 0 radical (unpaired) electrons. The maximum absolute atomic E-state index is 6.36. The number of aromatic nitrogens is 1. The second-order valence-electron chi connectivity index (χ2n) is 4.70. The molecule has 17 heavy (non-hydrogen) atoms. The van der Waals surface area contributed by atoms with Crippen LogP contribution in [-0.2, 0) is 6.54 Å². The summed E-state index contributed by atoms with van der Waals surface area (Å²) in [6, 6.07) is 1.90. The first kappa shape index (κ1) is 12.7. The highest BCUT2D eigenvalue weighted by Crippen LogP contribution is 2.33. The van der Waals surface area contributed by atoms with Gasteiger partial charge in [-0.3, -0.25) is 0 Å². The third-order valence-electron chi connectivity index (χ3n) is 3.14. The second kappa shape index (κ2) is 5.69. The van der Waals surface area contributed by atoms with E-state index in [1.165, 1.54) is 12.8 Å². The zero-order valence-corrected chi connectivity index (χ0v) is 11.1. The van der Waals surface area contributed by atoms with Crippen molar-refractivity contribution in [2.45, 2.75) is 32.7 Å². The Bertz CT molecular complexity index is 377. The highest BCUT2D eigenvalue weighted by atomic mass is 35.5. The number of nitrogens with zero attached hydrogens (tertiary/aromatic N) is 2. The molecule has 1 aromatic rings. The topological polar surface area (TPSA) is 42.2 Å². The Morgan fingerprint density at radius 2 is 2.29 bits per heavy atom. The Morgan fingerprint density at radius 1 is 1.53 bits per heavy atom. The molecule has 2 N–H and O–H groups in total. The molecule has 0 atom stereocenters. The third kappa shape index (κ3) is 3.11. The van der Waals surface area contributed by atoms with Crippen LogP contribution >= 0.6 is 11.6 Å². The van der Waals surface area contributed by atoms with Crippen LogP contribution in [-0.4, -0.2) is 18.1 Å². The average molecular weight is 254 g/mol. The summed E-state index contributed by atoms with van der Waals surface area (Å²) >= 11 is 6.36. The van der Waals surface area contributed by atoms with E-state index < -0.39 is 0 Å². The number of anilines is 1. The molecule has 1 heterocycles. The monoisotopic (exact) mass is 253 g/mol. The van der Waals surface area contributed by atoms with Crippen LogP contribution in [0.15, 0.2) is 12.3 Å². The molecule has 3 nitrogen and oxygen atoms in total. The summed E-state index contributed by atoms with van der Waals surface area (Å²) in [6.07, 6.45) is 5.60. The molecule has 4 heteroatoms. The van der Waals surface area contributed by atoms with E-state index in [2.05, 4.69) is 16.8 Å². The summed E-state index contributed by atoms with van der Waals surface area (Å²) in [5.41, 5.74) is 6.66. The fourth-order valence-corrected chi connectivity index (χ4v) is 2.32. The summed E-state index contributed by atoms with van der Waals surface area (Å²) in [6.45, 7) is 4.74. The van der Waals surface area contributed by atoms with Gasteiger partial charge in [0.05, 0.1) is 5.02 Å². The molecular weight excluding hydrogens is 234 g/mol. The Morgan fingerprint density at radius 3 is 2.88 bits per heavy atom. The quantitative estimate of drug-likeness (QED) is 0.848. The van der Waals surface area contributed by atoms with E-state index in [0.29, 0.717) is 6.54 Å². The van der Waals surface area contributed by atoms with Crippen LogP contribution in [0.2, 0.25) is 5.02 Å². The van der Waals surface area contributed by atoms with Crippen LogP contribution in [0.4, 0.5) is 5.82 Å². The molecule has 0 spiro atoms. The predicted octanol–water partition coefficient (Wildman–Crippen LogP) is 2.82. The van der Waals surface area contributed by atoms with Crippen molar-refractivity contribution in [2.75, 3.05) is 18.0 Å². The molecule has 1 aliphatic carbocycles. The Labute approximate surface area is 108 Å². The van der Waals surface area contributed by atoms with Gasteiger partial charge in [0.15, 0.2) is 0 Å². The fourth-order valence-electron chi connectivity index (χ4n) is 2.02. The van der Waals surface area contributed by atoms with Crippen molar-refractivity contribution in [3.63, 3.8) is 0 Å².